The standard InChI is InChI=1S/C27H31N7O2/c35-18-25-26-23(7-10-29-25)24(19-15-31-34(17-19)22-5-8-28-9-6-22)16-30-27(26)32-20-1-3-21(4-2-20)33-11-13-36-14-12-33/h1-4,7,10,15-18,22,25,28-29H,5-6,8-9,11-14H2,(H,30,32). The number of fused-ring (bicyclic) bond motifs is 1. The number of pyridine rings is 1. The third-order valence-corrected chi connectivity index (χ3v) is 7.23. The highest BCUT2D eigenvalue weighted by atomic mass is 16.5. The molecule has 3 aliphatic rings. The van der Waals surface area contributed by atoms with Gasteiger partial charge in [0.2, 0.25) is 0 Å². The van der Waals surface area contributed by atoms with Crippen LogP contribution in [0.4, 0.5) is 17.2 Å². The van der Waals surface area contributed by atoms with E-state index in [9.17, 15) is 4.79 Å². The Kier molecular flexibility index (Phi) is 6.40. The predicted octanol–water partition coefficient (Wildman–Crippen LogP) is 3.26. The Labute approximate surface area is 210 Å². The van der Waals surface area contributed by atoms with Crippen LogP contribution in [-0.2, 0) is 9.53 Å². The minimum atomic E-state index is -0.480. The number of benzene rings is 1. The Morgan fingerprint density at radius 3 is 2.67 bits per heavy atom. The highest BCUT2D eigenvalue weighted by Crippen LogP contribution is 2.37. The number of hydrogen-bond donors (Lipinski definition) is 3. The summed E-state index contributed by atoms with van der Waals surface area (Å²) in [6.45, 7) is 5.34. The van der Waals surface area contributed by atoms with E-state index in [2.05, 4.69) is 61.1 Å². The molecule has 3 aliphatic heterocycles. The zero-order valence-electron chi connectivity index (χ0n) is 20.2. The summed E-state index contributed by atoms with van der Waals surface area (Å²) in [6.07, 6.45) is 12.8. The summed E-state index contributed by atoms with van der Waals surface area (Å²) in [5.74, 6) is 0.674. The molecule has 9 heteroatoms. The number of hydrogen-bond acceptors (Lipinski definition) is 8. The van der Waals surface area contributed by atoms with Gasteiger partial charge in [-0.15, -0.1) is 0 Å². The summed E-state index contributed by atoms with van der Waals surface area (Å²) in [5, 5.41) is 14.7. The minimum absolute atomic E-state index is 0.407. The molecule has 3 N–H and O–H groups in total. The molecule has 1 unspecified atom stereocenters. The first-order valence-electron chi connectivity index (χ1n) is 12.7. The second-order valence-electron chi connectivity index (χ2n) is 9.42. The van der Waals surface area contributed by atoms with E-state index < -0.39 is 6.04 Å². The lowest BCUT2D eigenvalue weighted by atomic mass is 9.93. The number of aromatic nitrogens is 3. The summed E-state index contributed by atoms with van der Waals surface area (Å²) in [7, 11) is 0. The molecule has 2 saturated heterocycles. The van der Waals surface area contributed by atoms with Crippen molar-refractivity contribution in [1.29, 1.82) is 0 Å². The van der Waals surface area contributed by atoms with Crippen LogP contribution in [0.1, 0.15) is 36.1 Å². The molecule has 0 bridgehead atoms. The molecule has 186 valence electrons. The number of piperidine rings is 1. The number of nitrogens with one attached hydrogen (secondary N) is 3. The highest BCUT2D eigenvalue weighted by molar-refractivity contribution is 5.85. The number of anilines is 3. The van der Waals surface area contributed by atoms with Crippen molar-refractivity contribution in [3.8, 4) is 11.1 Å². The van der Waals surface area contributed by atoms with Gasteiger partial charge in [0.25, 0.3) is 0 Å². The maximum Gasteiger partial charge on any atom is 0.146 e. The van der Waals surface area contributed by atoms with Gasteiger partial charge in [0.05, 0.1) is 25.5 Å². The van der Waals surface area contributed by atoms with E-state index in [-0.39, 0.29) is 0 Å². The van der Waals surface area contributed by atoms with Crippen molar-refractivity contribution in [3.05, 3.63) is 60.2 Å². The third-order valence-electron chi connectivity index (χ3n) is 7.23. The molecule has 9 nitrogen and oxygen atoms in total. The van der Waals surface area contributed by atoms with Gasteiger partial charge in [-0.25, -0.2) is 4.98 Å². The molecule has 2 fully saturated rings. The predicted molar refractivity (Wildman–Crippen MR) is 140 cm³/mol. The van der Waals surface area contributed by atoms with Crippen molar-refractivity contribution in [3.63, 3.8) is 0 Å². The van der Waals surface area contributed by atoms with E-state index in [1.165, 1.54) is 5.69 Å². The first kappa shape index (κ1) is 22.8. The number of carbonyl (C=O) groups excluding carboxylic acids is 1. The maximum absolute atomic E-state index is 12.0. The van der Waals surface area contributed by atoms with E-state index in [0.29, 0.717) is 11.9 Å². The van der Waals surface area contributed by atoms with Gasteiger partial charge in [-0.05, 0) is 68.0 Å². The second kappa shape index (κ2) is 10.1. The highest BCUT2D eigenvalue weighted by Gasteiger charge is 2.25. The average Bonchev–Trinajstić information content (AvgIpc) is 3.44. The molecular weight excluding hydrogens is 454 g/mol. The normalized spacial score (nSPS) is 20.0. The van der Waals surface area contributed by atoms with Crippen molar-refractivity contribution in [2.24, 2.45) is 0 Å². The van der Waals surface area contributed by atoms with E-state index in [1.807, 2.05) is 24.7 Å². The lowest BCUT2D eigenvalue weighted by Gasteiger charge is -2.29. The van der Waals surface area contributed by atoms with Crippen LogP contribution in [0, 0.1) is 0 Å². The zero-order valence-corrected chi connectivity index (χ0v) is 20.2. The van der Waals surface area contributed by atoms with Crippen molar-refractivity contribution in [1.82, 2.24) is 25.4 Å². The van der Waals surface area contributed by atoms with Gasteiger partial charge >= 0.3 is 0 Å². The Morgan fingerprint density at radius 2 is 1.89 bits per heavy atom. The van der Waals surface area contributed by atoms with Gasteiger partial charge in [0.1, 0.15) is 18.1 Å². The van der Waals surface area contributed by atoms with Crippen molar-refractivity contribution < 1.29 is 9.53 Å². The van der Waals surface area contributed by atoms with Crippen LogP contribution < -0.4 is 20.9 Å². The average molecular weight is 486 g/mol. The number of morpholine rings is 1. The van der Waals surface area contributed by atoms with Crippen LogP contribution in [-0.4, -0.2) is 60.4 Å². The molecule has 36 heavy (non-hydrogen) atoms. The SMILES string of the molecule is O=CC1NC=Cc2c(-c3cnn(C4CCNCC4)c3)cnc(Nc3ccc(N4CCOCC4)cc3)c21. The molecule has 0 radical (unpaired) electrons. The van der Waals surface area contributed by atoms with Crippen molar-refractivity contribution >= 4 is 29.6 Å². The molecule has 3 aromatic rings. The maximum atomic E-state index is 12.0. The van der Waals surface area contributed by atoms with Crippen LogP contribution >= 0.6 is 0 Å². The summed E-state index contributed by atoms with van der Waals surface area (Å²) < 4.78 is 7.54. The number of nitrogens with zero attached hydrogens (tertiary/aromatic N) is 4. The number of carbonyl (C=O) groups is 1. The van der Waals surface area contributed by atoms with Crippen molar-refractivity contribution in [2.75, 3.05) is 49.6 Å². The summed E-state index contributed by atoms with van der Waals surface area (Å²) in [6, 6.07) is 8.25. The molecule has 0 saturated carbocycles. The fourth-order valence-corrected chi connectivity index (χ4v) is 5.25. The van der Waals surface area contributed by atoms with Gasteiger partial charge in [0.15, 0.2) is 0 Å². The van der Waals surface area contributed by atoms with E-state index in [1.54, 1.807) is 0 Å². The topological polar surface area (TPSA) is 96.3 Å². The van der Waals surface area contributed by atoms with Crippen LogP contribution in [0.5, 0.6) is 0 Å². The molecule has 1 aromatic carbocycles. The van der Waals surface area contributed by atoms with Gasteiger partial charge in [0, 0.05) is 53.5 Å². The van der Waals surface area contributed by atoms with Gasteiger partial charge < -0.3 is 30.4 Å². The molecule has 2 aromatic heterocycles. The molecule has 0 amide bonds. The van der Waals surface area contributed by atoms with Gasteiger partial charge in [-0.1, -0.05) is 0 Å². The molecule has 0 spiro atoms. The minimum Gasteiger partial charge on any atom is -0.378 e. The molecular formula is C27H31N7O2. The smallest absolute Gasteiger partial charge is 0.146 e. The monoisotopic (exact) mass is 485 g/mol. The fraction of sp³-hybridized carbons (Fsp3) is 0.370. The first-order valence-corrected chi connectivity index (χ1v) is 12.7. The number of rotatable bonds is 6. The van der Waals surface area contributed by atoms with Crippen LogP contribution in [0.3, 0.4) is 0 Å². The quantitative estimate of drug-likeness (QED) is 0.458. The van der Waals surface area contributed by atoms with Gasteiger partial charge in [-0.2, -0.15) is 5.10 Å². The Morgan fingerprint density at radius 1 is 1.08 bits per heavy atom. The number of aldehydes is 1. The Balaban J connectivity index is 1.30. The van der Waals surface area contributed by atoms with E-state index in [0.717, 1.165) is 86.5 Å². The molecule has 6 rings (SSSR count). The summed E-state index contributed by atoms with van der Waals surface area (Å²) in [4.78, 5) is 19.1. The zero-order chi connectivity index (χ0) is 24.3. The lowest BCUT2D eigenvalue weighted by Crippen LogP contribution is -2.36. The summed E-state index contributed by atoms with van der Waals surface area (Å²) in [5.41, 5.74) is 5.91. The Bertz CT molecular complexity index is 1240. The Hall–Kier alpha value is -3.69. The number of ether oxygens (including phenoxy) is 1. The van der Waals surface area contributed by atoms with Crippen LogP contribution in [0.25, 0.3) is 17.2 Å². The first-order chi connectivity index (χ1) is 17.8. The summed E-state index contributed by atoms with van der Waals surface area (Å²) >= 11 is 0. The van der Waals surface area contributed by atoms with Crippen molar-refractivity contribution in [2.45, 2.75) is 24.9 Å². The van der Waals surface area contributed by atoms with E-state index in [4.69, 9.17) is 9.72 Å². The largest absolute Gasteiger partial charge is 0.378 e. The van der Waals surface area contributed by atoms with Gasteiger partial charge in [-0.3, -0.25) is 4.68 Å². The lowest BCUT2D eigenvalue weighted by molar-refractivity contribution is -0.109. The molecule has 1 atom stereocenters. The van der Waals surface area contributed by atoms with Crippen LogP contribution in [0.2, 0.25) is 0 Å². The second-order valence-corrected chi connectivity index (χ2v) is 9.42. The fourth-order valence-electron chi connectivity index (χ4n) is 5.25. The third kappa shape index (κ3) is 4.47. The molecule has 5 heterocycles. The van der Waals surface area contributed by atoms with E-state index >= 15 is 0 Å². The van der Waals surface area contributed by atoms with Crippen LogP contribution in [0.15, 0.2) is 49.1 Å². The molecule has 0 aliphatic carbocycles.